The van der Waals surface area contributed by atoms with Crippen LogP contribution in [0.1, 0.15) is 5.56 Å². The van der Waals surface area contributed by atoms with Gasteiger partial charge in [0.1, 0.15) is 11.1 Å². The van der Waals surface area contributed by atoms with Crippen molar-refractivity contribution in [1.29, 1.82) is 5.26 Å². The van der Waals surface area contributed by atoms with Gasteiger partial charge in [-0.3, -0.25) is 10.1 Å². The molecule has 0 amide bonds. The Labute approximate surface area is 96.1 Å². The van der Waals surface area contributed by atoms with Gasteiger partial charge >= 0.3 is 0 Å². The Hall–Kier alpha value is -2.00. The van der Waals surface area contributed by atoms with Crippen LogP contribution >= 0.6 is 11.6 Å². The molecule has 0 saturated heterocycles. The monoisotopic (exact) mass is 242 g/mol. The van der Waals surface area contributed by atoms with Crippen molar-refractivity contribution in [2.45, 2.75) is 0 Å². The van der Waals surface area contributed by atoms with Crippen molar-refractivity contribution in [3.63, 3.8) is 0 Å². The zero-order chi connectivity index (χ0) is 12.3. The van der Waals surface area contributed by atoms with Gasteiger partial charge in [0.05, 0.1) is 25.2 Å². The van der Waals surface area contributed by atoms with Crippen molar-refractivity contribution in [1.82, 2.24) is 0 Å². The quantitative estimate of drug-likeness (QED) is 0.599. The summed E-state index contributed by atoms with van der Waals surface area (Å²) in [6, 6.07) is 2.76. The van der Waals surface area contributed by atoms with Crippen LogP contribution in [-0.2, 0) is 0 Å². The predicted molar refractivity (Wildman–Crippen MR) is 55.9 cm³/mol. The van der Waals surface area contributed by atoms with Crippen molar-refractivity contribution < 1.29 is 14.4 Å². The fraction of sp³-hybridized carbons (Fsp3) is 0.222. The molecule has 0 fully saturated rings. The molecule has 1 aromatic rings. The summed E-state index contributed by atoms with van der Waals surface area (Å²) < 4.78 is 9.80. The molecule has 1 rings (SSSR count). The van der Waals surface area contributed by atoms with Gasteiger partial charge in [-0.25, -0.2) is 0 Å². The first-order valence-corrected chi connectivity index (χ1v) is 4.43. The van der Waals surface area contributed by atoms with Crippen LogP contribution in [0.25, 0.3) is 0 Å². The standard InChI is InChI=1S/C9H7ClN2O4/c1-15-7-3-6(12(13)14)5(4-11)8(10)9(7)16-2/h3H,1-2H3. The van der Waals surface area contributed by atoms with E-state index in [0.29, 0.717) is 0 Å². The fourth-order valence-corrected chi connectivity index (χ4v) is 1.50. The summed E-state index contributed by atoms with van der Waals surface area (Å²) in [6.45, 7) is 0. The smallest absolute Gasteiger partial charge is 0.292 e. The highest BCUT2D eigenvalue weighted by Crippen LogP contribution is 2.41. The zero-order valence-electron chi connectivity index (χ0n) is 8.48. The first-order chi connectivity index (χ1) is 7.56. The summed E-state index contributed by atoms with van der Waals surface area (Å²) in [4.78, 5) is 10.00. The van der Waals surface area contributed by atoms with Crippen LogP contribution in [0.5, 0.6) is 11.5 Å². The summed E-state index contributed by atoms with van der Waals surface area (Å²) in [5.41, 5.74) is -0.658. The third kappa shape index (κ3) is 1.85. The Bertz CT molecular complexity index is 481. The third-order valence-electron chi connectivity index (χ3n) is 1.90. The van der Waals surface area contributed by atoms with Gasteiger partial charge in [-0.1, -0.05) is 11.6 Å². The van der Waals surface area contributed by atoms with Crippen LogP contribution in [0, 0.1) is 21.4 Å². The highest BCUT2D eigenvalue weighted by molar-refractivity contribution is 6.33. The first kappa shape index (κ1) is 12.1. The molecule has 16 heavy (non-hydrogen) atoms. The van der Waals surface area contributed by atoms with Gasteiger partial charge in [0.25, 0.3) is 5.69 Å². The molecule has 0 aliphatic carbocycles. The topological polar surface area (TPSA) is 85.4 Å². The average Bonchev–Trinajstić information content (AvgIpc) is 2.27. The lowest BCUT2D eigenvalue weighted by molar-refractivity contribution is -0.385. The van der Waals surface area contributed by atoms with E-state index in [1.54, 1.807) is 6.07 Å². The number of hydrogen-bond donors (Lipinski definition) is 0. The van der Waals surface area contributed by atoms with E-state index in [1.165, 1.54) is 14.2 Å². The Morgan fingerprint density at radius 3 is 2.50 bits per heavy atom. The molecular formula is C9H7ClN2O4. The SMILES string of the molecule is COc1cc([N+](=O)[O-])c(C#N)c(Cl)c1OC. The molecule has 0 aliphatic heterocycles. The average molecular weight is 243 g/mol. The molecule has 0 radical (unpaired) electrons. The number of halogens is 1. The van der Waals surface area contributed by atoms with Crippen LogP contribution in [0.4, 0.5) is 5.69 Å². The minimum atomic E-state index is -0.702. The Kier molecular flexibility index (Phi) is 3.53. The van der Waals surface area contributed by atoms with Crippen LogP contribution < -0.4 is 9.47 Å². The highest BCUT2D eigenvalue weighted by atomic mass is 35.5. The molecular weight excluding hydrogens is 236 g/mol. The lowest BCUT2D eigenvalue weighted by Crippen LogP contribution is -1.98. The molecule has 0 aliphatic rings. The predicted octanol–water partition coefficient (Wildman–Crippen LogP) is 2.14. The fourth-order valence-electron chi connectivity index (χ4n) is 1.19. The molecule has 7 heteroatoms. The maximum absolute atomic E-state index is 10.7. The number of nitrogens with zero attached hydrogens (tertiary/aromatic N) is 2. The summed E-state index contributed by atoms with van der Waals surface area (Å²) in [5.74, 6) is 0.213. The molecule has 0 aromatic heterocycles. The number of hydrogen-bond acceptors (Lipinski definition) is 5. The van der Waals surface area contributed by atoms with E-state index < -0.39 is 10.6 Å². The van der Waals surface area contributed by atoms with Crippen LogP contribution in [-0.4, -0.2) is 19.1 Å². The molecule has 1 aromatic carbocycles. The molecule has 0 spiro atoms. The summed E-state index contributed by atoms with van der Waals surface area (Å²) in [7, 11) is 2.65. The van der Waals surface area contributed by atoms with E-state index in [0.717, 1.165) is 6.07 Å². The summed E-state index contributed by atoms with van der Waals surface area (Å²) >= 11 is 5.81. The lowest BCUT2D eigenvalue weighted by Gasteiger charge is -2.09. The van der Waals surface area contributed by atoms with Gasteiger partial charge < -0.3 is 9.47 Å². The summed E-state index contributed by atoms with van der Waals surface area (Å²) in [6.07, 6.45) is 0. The maximum atomic E-state index is 10.7. The molecule has 0 atom stereocenters. The molecule has 0 saturated carbocycles. The van der Waals surface area contributed by atoms with Gasteiger partial charge in [0.15, 0.2) is 17.1 Å². The van der Waals surface area contributed by atoms with Gasteiger partial charge in [-0.05, 0) is 0 Å². The van der Waals surface area contributed by atoms with Crippen LogP contribution in [0.2, 0.25) is 5.02 Å². The Balaban J connectivity index is 3.62. The van der Waals surface area contributed by atoms with E-state index >= 15 is 0 Å². The van der Waals surface area contributed by atoms with Gasteiger partial charge in [-0.2, -0.15) is 5.26 Å². The molecule has 84 valence electrons. The Morgan fingerprint density at radius 2 is 2.12 bits per heavy atom. The zero-order valence-corrected chi connectivity index (χ0v) is 9.24. The molecule has 0 unspecified atom stereocenters. The highest BCUT2D eigenvalue weighted by Gasteiger charge is 2.24. The molecule has 0 N–H and O–H groups in total. The van der Waals surface area contributed by atoms with E-state index in [4.69, 9.17) is 26.3 Å². The van der Waals surface area contributed by atoms with Gasteiger partial charge in [-0.15, -0.1) is 0 Å². The largest absolute Gasteiger partial charge is 0.493 e. The molecule has 0 bridgehead atoms. The van der Waals surface area contributed by atoms with Crippen molar-refractivity contribution in [3.05, 3.63) is 26.8 Å². The van der Waals surface area contributed by atoms with Gasteiger partial charge in [0.2, 0.25) is 0 Å². The number of rotatable bonds is 3. The minimum absolute atomic E-state index is 0.103. The van der Waals surface area contributed by atoms with E-state index in [-0.39, 0.29) is 22.1 Å². The second-order valence-electron chi connectivity index (χ2n) is 2.69. The second kappa shape index (κ2) is 4.68. The van der Waals surface area contributed by atoms with Crippen molar-refractivity contribution in [2.75, 3.05) is 14.2 Å². The number of ether oxygens (including phenoxy) is 2. The van der Waals surface area contributed by atoms with Crippen molar-refractivity contribution >= 4 is 17.3 Å². The minimum Gasteiger partial charge on any atom is -0.493 e. The van der Waals surface area contributed by atoms with Crippen LogP contribution in [0.15, 0.2) is 6.07 Å². The molecule has 0 heterocycles. The summed E-state index contributed by atoms with van der Waals surface area (Å²) in [5, 5.41) is 19.4. The van der Waals surface area contributed by atoms with Crippen molar-refractivity contribution in [3.8, 4) is 17.6 Å². The van der Waals surface area contributed by atoms with Crippen molar-refractivity contribution in [2.24, 2.45) is 0 Å². The number of benzene rings is 1. The van der Waals surface area contributed by atoms with E-state index in [1.807, 2.05) is 0 Å². The second-order valence-corrected chi connectivity index (χ2v) is 3.07. The number of methoxy groups -OCH3 is 2. The van der Waals surface area contributed by atoms with Crippen LogP contribution in [0.3, 0.4) is 0 Å². The molecule has 6 nitrogen and oxygen atoms in total. The first-order valence-electron chi connectivity index (χ1n) is 4.05. The third-order valence-corrected chi connectivity index (χ3v) is 2.26. The number of nitro benzene ring substituents is 1. The number of nitriles is 1. The van der Waals surface area contributed by atoms with E-state index in [2.05, 4.69) is 0 Å². The Morgan fingerprint density at radius 1 is 1.50 bits per heavy atom. The van der Waals surface area contributed by atoms with Gasteiger partial charge in [0, 0.05) is 0 Å². The maximum Gasteiger partial charge on any atom is 0.292 e. The normalized spacial score (nSPS) is 9.38. The lowest BCUT2D eigenvalue weighted by atomic mass is 10.1. The van der Waals surface area contributed by atoms with E-state index in [9.17, 15) is 10.1 Å². The number of nitro groups is 1.